The molecule has 21 heavy (non-hydrogen) atoms. The van der Waals surface area contributed by atoms with Gasteiger partial charge in [-0.1, -0.05) is 42.5 Å². The molecule has 0 fully saturated rings. The molecule has 4 heteroatoms. The number of thiazole rings is 1. The van der Waals surface area contributed by atoms with E-state index in [9.17, 15) is 4.79 Å². The molecule has 0 aliphatic heterocycles. The highest BCUT2D eigenvalue weighted by Gasteiger charge is 2.07. The van der Waals surface area contributed by atoms with Gasteiger partial charge in [0.1, 0.15) is 0 Å². The molecule has 0 atom stereocenters. The normalized spacial score (nSPS) is 10.5. The van der Waals surface area contributed by atoms with Crippen molar-refractivity contribution in [1.29, 1.82) is 0 Å². The second-order valence-corrected chi connectivity index (χ2v) is 5.62. The van der Waals surface area contributed by atoms with E-state index in [0.29, 0.717) is 12.0 Å². The van der Waals surface area contributed by atoms with Gasteiger partial charge in [0.15, 0.2) is 0 Å². The summed E-state index contributed by atoms with van der Waals surface area (Å²) in [7, 11) is 0. The monoisotopic (exact) mass is 295 g/mol. The number of rotatable bonds is 4. The Labute approximate surface area is 126 Å². The molecule has 2 aromatic carbocycles. The molecule has 3 nitrogen and oxygen atoms in total. The zero-order chi connectivity index (χ0) is 14.7. The summed E-state index contributed by atoms with van der Waals surface area (Å²) in [5, 5.41) is 12.0. The minimum atomic E-state index is -0.902. The first-order chi connectivity index (χ1) is 10.2. The standard InChI is InChI=1S/C17H13NO2S/c19-17(20)14-8-4-5-12(9-14)10-16-18-15(11-21-16)13-6-2-1-3-7-13/h1-9,11H,10H2,(H,19,20). The molecule has 104 valence electrons. The SMILES string of the molecule is O=C(O)c1cccc(Cc2nc(-c3ccccc3)cs2)c1. The molecule has 0 bridgehead atoms. The Morgan fingerprint density at radius 2 is 1.90 bits per heavy atom. The van der Waals surface area contributed by atoms with E-state index in [1.165, 1.54) is 0 Å². The number of hydrogen-bond donors (Lipinski definition) is 1. The smallest absolute Gasteiger partial charge is 0.335 e. The van der Waals surface area contributed by atoms with Gasteiger partial charge in [0.25, 0.3) is 0 Å². The molecule has 0 radical (unpaired) electrons. The second kappa shape index (κ2) is 5.89. The summed E-state index contributed by atoms with van der Waals surface area (Å²) in [6.07, 6.45) is 0.651. The Morgan fingerprint density at radius 3 is 2.67 bits per heavy atom. The summed E-state index contributed by atoms with van der Waals surface area (Å²) < 4.78 is 0. The third kappa shape index (κ3) is 3.17. The molecule has 0 aliphatic rings. The Balaban J connectivity index is 1.82. The number of aromatic nitrogens is 1. The first-order valence-corrected chi connectivity index (χ1v) is 7.42. The van der Waals surface area contributed by atoms with Crippen LogP contribution < -0.4 is 0 Å². The van der Waals surface area contributed by atoms with E-state index in [2.05, 4.69) is 4.98 Å². The second-order valence-electron chi connectivity index (χ2n) is 4.67. The molecule has 0 aliphatic carbocycles. The summed E-state index contributed by atoms with van der Waals surface area (Å²) in [5.41, 5.74) is 3.33. The average Bonchev–Trinajstić information content (AvgIpc) is 2.97. The zero-order valence-corrected chi connectivity index (χ0v) is 12.0. The maximum Gasteiger partial charge on any atom is 0.335 e. The van der Waals surface area contributed by atoms with Crippen molar-refractivity contribution in [3.8, 4) is 11.3 Å². The summed E-state index contributed by atoms with van der Waals surface area (Å²) >= 11 is 1.59. The van der Waals surface area contributed by atoms with Gasteiger partial charge >= 0.3 is 5.97 Å². The Kier molecular flexibility index (Phi) is 3.79. The van der Waals surface area contributed by atoms with Crippen molar-refractivity contribution >= 4 is 17.3 Å². The number of carbonyl (C=O) groups is 1. The number of carboxylic acids is 1. The van der Waals surface area contributed by atoms with Crippen molar-refractivity contribution in [1.82, 2.24) is 4.98 Å². The van der Waals surface area contributed by atoms with Crippen LogP contribution in [0, 0.1) is 0 Å². The third-order valence-corrected chi connectivity index (χ3v) is 4.00. The van der Waals surface area contributed by atoms with E-state index in [0.717, 1.165) is 21.8 Å². The van der Waals surface area contributed by atoms with Crippen molar-refractivity contribution in [3.05, 3.63) is 76.1 Å². The van der Waals surface area contributed by atoms with Gasteiger partial charge in [0.05, 0.1) is 16.3 Å². The van der Waals surface area contributed by atoms with Crippen LogP contribution in [-0.2, 0) is 6.42 Å². The lowest BCUT2D eigenvalue weighted by Crippen LogP contribution is -1.97. The fourth-order valence-corrected chi connectivity index (χ4v) is 2.96. The summed E-state index contributed by atoms with van der Waals surface area (Å²) in [4.78, 5) is 15.6. The number of nitrogens with zero attached hydrogens (tertiary/aromatic N) is 1. The van der Waals surface area contributed by atoms with E-state index in [4.69, 9.17) is 5.11 Å². The minimum Gasteiger partial charge on any atom is -0.478 e. The molecular weight excluding hydrogens is 282 g/mol. The highest BCUT2D eigenvalue weighted by atomic mass is 32.1. The first-order valence-electron chi connectivity index (χ1n) is 6.54. The van der Waals surface area contributed by atoms with Crippen LogP contribution in [0.15, 0.2) is 60.0 Å². The number of aromatic carboxylic acids is 1. The fourth-order valence-electron chi connectivity index (χ4n) is 2.12. The van der Waals surface area contributed by atoms with Gasteiger partial charge in [0.2, 0.25) is 0 Å². The summed E-state index contributed by atoms with van der Waals surface area (Å²) in [5.74, 6) is -0.902. The predicted octanol–water partition coefficient (Wildman–Crippen LogP) is 4.10. The van der Waals surface area contributed by atoms with E-state index in [1.54, 1.807) is 29.5 Å². The molecule has 0 unspecified atom stereocenters. The quantitative estimate of drug-likeness (QED) is 0.788. The molecule has 0 saturated heterocycles. The van der Waals surface area contributed by atoms with Gasteiger partial charge in [0, 0.05) is 17.4 Å². The Morgan fingerprint density at radius 1 is 1.10 bits per heavy atom. The topological polar surface area (TPSA) is 50.2 Å². The van der Waals surface area contributed by atoms with E-state index in [-0.39, 0.29) is 0 Å². The van der Waals surface area contributed by atoms with Crippen LogP contribution >= 0.6 is 11.3 Å². The van der Waals surface area contributed by atoms with Crippen molar-refractivity contribution in [2.75, 3.05) is 0 Å². The predicted molar refractivity (Wildman–Crippen MR) is 83.8 cm³/mol. The van der Waals surface area contributed by atoms with Gasteiger partial charge < -0.3 is 5.11 Å². The Hall–Kier alpha value is -2.46. The summed E-state index contributed by atoms with van der Waals surface area (Å²) in [6.45, 7) is 0. The van der Waals surface area contributed by atoms with E-state index >= 15 is 0 Å². The van der Waals surface area contributed by atoms with Crippen LogP contribution in [0.25, 0.3) is 11.3 Å². The zero-order valence-electron chi connectivity index (χ0n) is 11.2. The van der Waals surface area contributed by atoms with Crippen molar-refractivity contribution in [2.45, 2.75) is 6.42 Å². The van der Waals surface area contributed by atoms with Crippen LogP contribution in [0.1, 0.15) is 20.9 Å². The van der Waals surface area contributed by atoms with Gasteiger partial charge in [-0.05, 0) is 17.7 Å². The molecule has 0 saturated carbocycles. The van der Waals surface area contributed by atoms with Crippen LogP contribution in [-0.4, -0.2) is 16.1 Å². The average molecular weight is 295 g/mol. The molecule has 0 spiro atoms. The maximum atomic E-state index is 11.0. The lowest BCUT2D eigenvalue weighted by molar-refractivity contribution is 0.0697. The van der Waals surface area contributed by atoms with Crippen LogP contribution in [0.2, 0.25) is 0 Å². The molecule has 1 N–H and O–H groups in total. The number of benzene rings is 2. The first kappa shape index (κ1) is 13.5. The van der Waals surface area contributed by atoms with Crippen molar-refractivity contribution < 1.29 is 9.90 Å². The molecule has 0 amide bonds. The maximum absolute atomic E-state index is 11.0. The van der Waals surface area contributed by atoms with Crippen molar-refractivity contribution in [2.24, 2.45) is 0 Å². The highest BCUT2D eigenvalue weighted by Crippen LogP contribution is 2.23. The fraction of sp³-hybridized carbons (Fsp3) is 0.0588. The lowest BCUT2D eigenvalue weighted by Gasteiger charge is -2.00. The van der Waals surface area contributed by atoms with E-state index < -0.39 is 5.97 Å². The van der Waals surface area contributed by atoms with Crippen LogP contribution in [0.3, 0.4) is 0 Å². The molecular formula is C17H13NO2S. The van der Waals surface area contributed by atoms with Crippen LogP contribution in [0.4, 0.5) is 0 Å². The number of carboxylic acid groups (broad SMARTS) is 1. The molecule has 1 heterocycles. The lowest BCUT2D eigenvalue weighted by atomic mass is 10.1. The Bertz CT molecular complexity index is 765. The summed E-state index contributed by atoms with van der Waals surface area (Å²) in [6, 6.07) is 17.0. The number of hydrogen-bond acceptors (Lipinski definition) is 3. The molecule has 1 aromatic heterocycles. The third-order valence-electron chi connectivity index (χ3n) is 3.15. The van der Waals surface area contributed by atoms with Gasteiger partial charge in [-0.3, -0.25) is 0 Å². The van der Waals surface area contributed by atoms with Gasteiger partial charge in [-0.15, -0.1) is 11.3 Å². The largest absolute Gasteiger partial charge is 0.478 e. The molecule has 3 rings (SSSR count). The van der Waals surface area contributed by atoms with Crippen molar-refractivity contribution in [3.63, 3.8) is 0 Å². The molecule has 3 aromatic rings. The van der Waals surface area contributed by atoms with Gasteiger partial charge in [-0.25, -0.2) is 9.78 Å². The van der Waals surface area contributed by atoms with Gasteiger partial charge in [-0.2, -0.15) is 0 Å². The minimum absolute atomic E-state index is 0.312. The van der Waals surface area contributed by atoms with E-state index in [1.807, 2.05) is 41.8 Å². The highest BCUT2D eigenvalue weighted by molar-refractivity contribution is 7.10. The van der Waals surface area contributed by atoms with Crippen LogP contribution in [0.5, 0.6) is 0 Å².